The van der Waals surface area contributed by atoms with Gasteiger partial charge in [-0.1, -0.05) is 134 Å². The van der Waals surface area contributed by atoms with E-state index in [1.54, 1.807) is 0 Å². The summed E-state index contributed by atoms with van der Waals surface area (Å²) in [6.45, 7) is 8.90. The van der Waals surface area contributed by atoms with Gasteiger partial charge in [-0.3, -0.25) is 0 Å². The van der Waals surface area contributed by atoms with Crippen LogP contribution in [0.25, 0.3) is 71.7 Å². The molecule has 9 aromatic rings. The molecule has 0 saturated carbocycles. The normalized spacial score (nSPS) is 15.5. The van der Waals surface area contributed by atoms with Crippen LogP contribution in [-0.2, 0) is 0 Å². The van der Waals surface area contributed by atoms with Crippen molar-refractivity contribution in [2.24, 2.45) is 0 Å². The number of aromatic nitrogens is 1. The van der Waals surface area contributed by atoms with Gasteiger partial charge in [0.25, 0.3) is 0 Å². The number of hydrogen-bond donors (Lipinski definition) is 0. The monoisotopic (exact) mass is 705 g/mol. The van der Waals surface area contributed by atoms with Crippen LogP contribution in [0.4, 0.5) is 0 Å². The predicted molar refractivity (Wildman–Crippen MR) is 232 cm³/mol. The van der Waals surface area contributed by atoms with Crippen LogP contribution in [0.5, 0.6) is 0 Å². The minimum Gasteiger partial charge on any atom is -0.455 e. The zero-order chi connectivity index (χ0) is 37.0. The van der Waals surface area contributed by atoms with Crippen LogP contribution in [0.15, 0.2) is 193 Å². The van der Waals surface area contributed by atoms with Gasteiger partial charge in [0.05, 0.1) is 11.0 Å². The van der Waals surface area contributed by atoms with Crippen LogP contribution in [0.3, 0.4) is 0 Å². The lowest BCUT2D eigenvalue weighted by atomic mass is 9.91. The van der Waals surface area contributed by atoms with Gasteiger partial charge < -0.3 is 8.98 Å². The van der Waals surface area contributed by atoms with Gasteiger partial charge in [0.15, 0.2) is 0 Å². The Hall–Kier alpha value is -6.90. The summed E-state index contributed by atoms with van der Waals surface area (Å²) in [7, 11) is 0. The fourth-order valence-corrected chi connectivity index (χ4v) is 8.57. The molecule has 0 saturated heterocycles. The quantitative estimate of drug-likeness (QED) is 0.178. The average molecular weight is 706 g/mol. The molecule has 0 unspecified atom stereocenters. The van der Waals surface area contributed by atoms with Crippen LogP contribution in [0.1, 0.15) is 28.7 Å². The third kappa shape index (κ3) is 5.57. The third-order valence-electron chi connectivity index (χ3n) is 11.1. The number of rotatable bonds is 4. The number of fused-ring (bicyclic) bond motifs is 7. The summed E-state index contributed by atoms with van der Waals surface area (Å²) in [5.41, 5.74) is 15.8. The van der Waals surface area contributed by atoms with Crippen LogP contribution in [-0.4, -0.2) is 4.57 Å². The summed E-state index contributed by atoms with van der Waals surface area (Å²) in [5, 5.41) is 7.18. The largest absolute Gasteiger partial charge is 0.455 e. The number of nitrogens with zero attached hydrogens (tertiary/aromatic N) is 1. The van der Waals surface area contributed by atoms with Crippen molar-refractivity contribution in [2.75, 3.05) is 0 Å². The number of allylic oxidation sites excluding steroid dienone is 5. The summed E-state index contributed by atoms with van der Waals surface area (Å²) in [5.74, 6) is 0. The van der Waals surface area contributed by atoms with Crippen LogP contribution in [0, 0.1) is 13.8 Å². The first-order valence-electron chi connectivity index (χ1n) is 19.0. The van der Waals surface area contributed by atoms with Gasteiger partial charge in [0.2, 0.25) is 0 Å². The molecule has 7 aromatic carbocycles. The Bertz CT molecular complexity index is 3180. The van der Waals surface area contributed by atoms with Gasteiger partial charge in [-0.05, 0) is 124 Å². The maximum Gasteiger partial charge on any atom is 0.143 e. The molecule has 0 amide bonds. The lowest BCUT2D eigenvalue weighted by Gasteiger charge is -2.14. The zero-order valence-electron chi connectivity index (χ0n) is 31.0. The Morgan fingerprint density at radius 3 is 2.13 bits per heavy atom. The van der Waals surface area contributed by atoms with Crippen LogP contribution >= 0.6 is 0 Å². The second-order valence-corrected chi connectivity index (χ2v) is 14.7. The fraction of sp³-hybridized carbons (Fsp3) is 0.0566. The smallest absolute Gasteiger partial charge is 0.143 e. The second-order valence-electron chi connectivity index (χ2n) is 14.7. The summed E-state index contributed by atoms with van der Waals surface area (Å²) in [4.78, 5) is 0. The van der Waals surface area contributed by atoms with E-state index in [4.69, 9.17) is 4.42 Å². The molecule has 0 spiro atoms. The molecule has 0 N–H and O–H groups in total. The van der Waals surface area contributed by atoms with Crippen LogP contribution in [0.2, 0.25) is 0 Å². The number of hydrogen-bond acceptors (Lipinski definition) is 1. The van der Waals surface area contributed by atoms with Crippen molar-refractivity contribution >= 4 is 54.9 Å². The van der Waals surface area contributed by atoms with Gasteiger partial charge in [0, 0.05) is 32.8 Å². The van der Waals surface area contributed by atoms with E-state index in [2.05, 4.69) is 201 Å². The highest BCUT2D eigenvalue weighted by Crippen LogP contribution is 2.40. The standard InChI is InChI=1S/C53H39NO/c1-34-22-29-51-47(30-34)48-32-35(2)31-45(53(48)55-51)39-25-28-50-46(33-39)43-19-12-13-21-49(43)54(50)40-26-23-38(24-27-40)52-36(3)14-6-4-9-17-41(37-15-7-5-8-16-37)42-18-10-11-20-44(42)52/h4-16,18-33H,3,17H2,1-2H3/b9-4-,14-6-,42-41+,52-44?. The van der Waals surface area contributed by atoms with E-state index in [0.29, 0.717) is 0 Å². The highest BCUT2D eigenvalue weighted by atomic mass is 16.3. The summed E-state index contributed by atoms with van der Waals surface area (Å²) < 4.78 is 8.94. The van der Waals surface area contributed by atoms with E-state index in [0.717, 1.165) is 56.5 Å². The molecule has 1 aliphatic carbocycles. The van der Waals surface area contributed by atoms with Gasteiger partial charge in [-0.25, -0.2) is 0 Å². The van der Waals surface area contributed by atoms with Crippen molar-refractivity contribution in [3.8, 4) is 16.8 Å². The van der Waals surface area contributed by atoms with Crippen molar-refractivity contribution in [2.45, 2.75) is 20.3 Å². The molecule has 2 nitrogen and oxygen atoms in total. The molecule has 0 radical (unpaired) electrons. The van der Waals surface area contributed by atoms with Gasteiger partial charge in [0.1, 0.15) is 11.2 Å². The Morgan fingerprint density at radius 1 is 0.545 bits per heavy atom. The molecular formula is C53H39NO. The van der Waals surface area contributed by atoms with Crippen molar-refractivity contribution in [1.29, 1.82) is 0 Å². The Balaban J connectivity index is 1.14. The molecule has 0 fully saturated rings. The molecular weight excluding hydrogens is 667 g/mol. The Morgan fingerprint density at radius 2 is 1.27 bits per heavy atom. The second kappa shape index (κ2) is 13.2. The molecule has 262 valence electrons. The maximum absolute atomic E-state index is 6.55. The average Bonchev–Trinajstić information content (AvgIpc) is 3.75. The highest BCUT2D eigenvalue weighted by Gasteiger charge is 2.18. The molecule has 0 atom stereocenters. The van der Waals surface area contributed by atoms with E-state index < -0.39 is 0 Å². The van der Waals surface area contributed by atoms with E-state index >= 15 is 0 Å². The summed E-state index contributed by atoms with van der Waals surface area (Å²) >= 11 is 0. The highest BCUT2D eigenvalue weighted by molar-refractivity contribution is 6.13. The van der Waals surface area contributed by atoms with E-state index in [1.165, 1.54) is 59.9 Å². The molecule has 10 rings (SSSR count). The number of para-hydroxylation sites is 1. The van der Waals surface area contributed by atoms with Gasteiger partial charge >= 0.3 is 0 Å². The summed E-state index contributed by atoms with van der Waals surface area (Å²) in [6, 6.07) is 55.1. The lowest BCUT2D eigenvalue weighted by Crippen LogP contribution is -2.30. The lowest BCUT2D eigenvalue weighted by molar-refractivity contribution is 0.670. The first-order chi connectivity index (χ1) is 27.0. The summed E-state index contributed by atoms with van der Waals surface area (Å²) in [6.07, 6.45) is 9.44. The minimum absolute atomic E-state index is 0.840. The van der Waals surface area contributed by atoms with Gasteiger partial charge in [-0.15, -0.1) is 0 Å². The van der Waals surface area contributed by atoms with E-state index in [-0.39, 0.29) is 0 Å². The number of furan rings is 1. The third-order valence-corrected chi connectivity index (χ3v) is 11.1. The van der Waals surface area contributed by atoms with Gasteiger partial charge in [-0.2, -0.15) is 0 Å². The first-order valence-corrected chi connectivity index (χ1v) is 19.0. The Kier molecular flexibility index (Phi) is 7.85. The molecule has 0 bridgehead atoms. The van der Waals surface area contributed by atoms with Crippen molar-refractivity contribution < 1.29 is 4.42 Å². The van der Waals surface area contributed by atoms with E-state index in [1.807, 2.05) is 0 Å². The van der Waals surface area contributed by atoms with Crippen LogP contribution < -0.4 is 10.4 Å². The van der Waals surface area contributed by atoms with Crippen molar-refractivity contribution in [1.82, 2.24) is 4.57 Å². The topological polar surface area (TPSA) is 18.1 Å². The fourth-order valence-electron chi connectivity index (χ4n) is 8.57. The maximum atomic E-state index is 6.55. The molecule has 1 aliphatic rings. The molecule has 55 heavy (non-hydrogen) atoms. The number of aryl methyl sites for hydroxylation is 2. The number of benzene rings is 7. The molecule has 2 heterocycles. The molecule has 0 aliphatic heterocycles. The van der Waals surface area contributed by atoms with E-state index in [9.17, 15) is 0 Å². The first kappa shape index (κ1) is 32.7. The molecule has 2 heteroatoms. The molecule has 2 aromatic heterocycles. The van der Waals surface area contributed by atoms with Crippen molar-refractivity contribution in [3.05, 3.63) is 221 Å². The SMILES string of the molecule is C=C1/C=C\C=C/C/C(c2ccccc2)=c2/ccccc2=C1c1ccc(-n2c3ccccc3c3cc(-c4cc(C)cc5c4oc4ccc(C)cc45)ccc32)cc1. The predicted octanol–water partition coefficient (Wildman–Crippen LogP) is 12.4. The van der Waals surface area contributed by atoms with Crippen molar-refractivity contribution in [3.63, 3.8) is 0 Å². The Labute approximate surface area is 320 Å². The minimum atomic E-state index is 0.840. The zero-order valence-corrected chi connectivity index (χ0v) is 31.0.